The van der Waals surface area contributed by atoms with Gasteiger partial charge in [0.1, 0.15) is 0 Å². The molecule has 0 saturated carbocycles. The molecule has 2 aromatic rings. The Balaban J connectivity index is 2.42. The molecular formula is C14H10BrF2NO3. The molecule has 0 aliphatic rings. The number of halogens is 3. The van der Waals surface area contributed by atoms with Crippen LogP contribution < -0.4 is 10.5 Å². The van der Waals surface area contributed by atoms with Crippen LogP contribution in [0.25, 0.3) is 0 Å². The third kappa shape index (κ3) is 3.30. The van der Waals surface area contributed by atoms with Crippen molar-refractivity contribution in [3.8, 4) is 11.5 Å². The van der Waals surface area contributed by atoms with Crippen LogP contribution in [0.15, 0.2) is 34.8 Å². The number of ether oxygens (including phenoxy) is 2. The summed E-state index contributed by atoms with van der Waals surface area (Å²) in [6.45, 7) is 0. The van der Waals surface area contributed by atoms with Crippen molar-refractivity contribution in [3.63, 3.8) is 0 Å². The number of carbonyl (C=O) groups excluding carboxylic acids is 1. The van der Waals surface area contributed by atoms with E-state index in [1.54, 1.807) is 0 Å². The van der Waals surface area contributed by atoms with E-state index in [0.717, 1.165) is 12.1 Å². The predicted molar refractivity (Wildman–Crippen MR) is 76.3 cm³/mol. The molecule has 0 aliphatic carbocycles. The molecule has 0 spiro atoms. The van der Waals surface area contributed by atoms with E-state index in [9.17, 15) is 13.6 Å². The zero-order valence-corrected chi connectivity index (χ0v) is 12.4. The average molecular weight is 358 g/mol. The fourth-order valence-corrected chi connectivity index (χ4v) is 1.94. The fourth-order valence-electron chi connectivity index (χ4n) is 1.61. The normalized spacial score (nSPS) is 10.3. The van der Waals surface area contributed by atoms with Crippen molar-refractivity contribution in [2.45, 2.75) is 0 Å². The number of carbonyl (C=O) groups is 1. The molecule has 0 saturated heterocycles. The summed E-state index contributed by atoms with van der Waals surface area (Å²) < 4.78 is 37.7. The fraction of sp³-hybridized carbons (Fsp3) is 0.0714. The van der Waals surface area contributed by atoms with E-state index < -0.39 is 17.6 Å². The zero-order chi connectivity index (χ0) is 15.6. The Hall–Kier alpha value is -2.15. The summed E-state index contributed by atoms with van der Waals surface area (Å²) in [5.74, 6) is -2.75. The van der Waals surface area contributed by atoms with Gasteiger partial charge in [0.15, 0.2) is 23.1 Å². The van der Waals surface area contributed by atoms with E-state index in [1.165, 1.54) is 25.3 Å². The Morgan fingerprint density at radius 2 is 1.81 bits per heavy atom. The first kappa shape index (κ1) is 15.2. The molecule has 110 valence electrons. The van der Waals surface area contributed by atoms with Crippen LogP contribution in [0.3, 0.4) is 0 Å². The standard InChI is InChI=1S/C14H10BrF2NO3/c1-20-14(19)8-5-13(10(17)6-11(8)18)21-12-3-2-7(15)4-9(12)16/h2-6H,18H2,1H3. The van der Waals surface area contributed by atoms with E-state index >= 15 is 0 Å². The number of rotatable bonds is 3. The highest BCUT2D eigenvalue weighted by Crippen LogP contribution is 2.31. The Kier molecular flexibility index (Phi) is 4.42. The summed E-state index contributed by atoms with van der Waals surface area (Å²) in [6, 6.07) is 6.02. The van der Waals surface area contributed by atoms with Gasteiger partial charge < -0.3 is 15.2 Å². The van der Waals surface area contributed by atoms with Gasteiger partial charge in [-0.15, -0.1) is 0 Å². The maximum atomic E-state index is 13.8. The van der Waals surface area contributed by atoms with Crippen molar-refractivity contribution in [2.24, 2.45) is 0 Å². The lowest BCUT2D eigenvalue weighted by atomic mass is 10.1. The highest BCUT2D eigenvalue weighted by atomic mass is 79.9. The minimum Gasteiger partial charge on any atom is -0.465 e. The van der Waals surface area contributed by atoms with Crippen molar-refractivity contribution in [2.75, 3.05) is 12.8 Å². The van der Waals surface area contributed by atoms with Crippen molar-refractivity contribution in [1.29, 1.82) is 0 Å². The third-order valence-electron chi connectivity index (χ3n) is 2.62. The minimum absolute atomic E-state index is 0.0635. The van der Waals surface area contributed by atoms with E-state index in [1.807, 2.05) is 0 Å². The highest BCUT2D eigenvalue weighted by Gasteiger charge is 2.17. The highest BCUT2D eigenvalue weighted by molar-refractivity contribution is 9.10. The second kappa shape index (κ2) is 6.09. The second-order valence-electron chi connectivity index (χ2n) is 4.04. The molecule has 0 aliphatic heterocycles. The van der Waals surface area contributed by atoms with Crippen LogP contribution in [-0.4, -0.2) is 13.1 Å². The van der Waals surface area contributed by atoms with Gasteiger partial charge in [-0.3, -0.25) is 0 Å². The SMILES string of the molecule is COC(=O)c1cc(Oc2ccc(Br)cc2F)c(F)cc1N. The molecule has 2 aromatic carbocycles. The van der Waals surface area contributed by atoms with Crippen LogP contribution in [0, 0.1) is 11.6 Å². The molecule has 0 bridgehead atoms. The maximum absolute atomic E-state index is 13.8. The van der Waals surface area contributed by atoms with E-state index in [0.29, 0.717) is 4.47 Å². The number of hydrogen-bond acceptors (Lipinski definition) is 4. The predicted octanol–water partition coefficient (Wildman–Crippen LogP) is 3.89. The van der Waals surface area contributed by atoms with Crippen LogP contribution >= 0.6 is 15.9 Å². The average Bonchev–Trinajstić information content (AvgIpc) is 2.43. The number of hydrogen-bond donors (Lipinski definition) is 1. The minimum atomic E-state index is -0.817. The van der Waals surface area contributed by atoms with Crippen LogP contribution in [-0.2, 0) is 4.74 Å². The quantitative estimate of drug-likeness (QED) is 0.668. The van der Waals surface area contributed by atoms with Gasteiger partial charge in [0, 0.05) is 22.3 Å². The molecule has 0 atom stereocenters. The first-order chi connectivity index (χ1) is 9.92. The number of methoxy groups -OCH3 is 1. The topological polar surface area (TPSA) is 61.5 Å². The number of nitrogen functional groups attached to an aromatic ring is 1. The van der Waals surface area contributed by atoms with Gasteiger partial charge in [-0.25, -0.2) is 13.6 Å². The molecule has 2 rings (SSSR count). The van der Waals surface area contributed by atoms with E-state index in [2.05, 4.69) is 20.7 Å². The molecule has 2 N–H and O–H groups in total. The van der Waals surface area contributed by atoms with Gasteiger partial charge in [0.2, 0.25) is 0 Å². The summed E-state index contributed by atoms with van der Waals surface area (Å²) in [5.41, 5.74) is 5.38. The molecule has 21 heavy (non-hydrogen) atoms. The van der Waals surface area contributed by atoms with Crippen LogP contribution in [0.5, 0.6) is 11.5 Å². The molecule has 0 unspecified atom stereocenters. The number of benzene rings is 2. The lowest BCUT2D eigenvalue weighted by Crippen LogP contribution is -2.07. The van der Waals surface area contributed by atoms with Gasteiger partial charge in [-0.1, -0.05) is 15.9 Å². The summed E-state index contributed by atoms with van der Waals surface area (Å²) in [5, 5.41) is 0. The first-order valence-electron chi connectivity index (χ1n) is 5.72. The molecule has 0 aromatic heterocycles. The number of anilines is 1. The lowest BCUT2D eigenvalue weighted by Gasteiger charge is -2.11. The van der Waals surface area contributed by atoms with Crippen LogP contribution in [0.2, 0.25) is 0 Å². The second-order valence-corrected chi connectivity index (χ2v) is 4.95. The first-order valence-corrected chi connectivity index (χ1v) is 6.52. The Labute approximate surface area is 127 Å². The van der Waals surface area contributed by atoms with Crippen LogP contribution in [0.1, 0.15) is 10.4 Å². The molecule has 4 nitrogen and oxygen atoms in total. The third-order valence-corrected chi connectivity index (χ3v) is 3.12. The number of nitrogens with two attached hydrogens (primary N) is 1. The van der Waals surface area contributed by atoms with Crippen molar-refractivity contribution >= 4 is 27.6 Å². The van der Waals surface area contributed by atoms with Gasteiger partial charge in [0.05, 0.1) is 12.7 Å². The molecule has 0 radical (unpaired) electrons. The molecule has 7 heteroatoms. The zero-order valence-electron chi connectivity index (χ0n) is 10.8. The molecule has 0 fully saturated rings. The van der Waals surface area contributed by atoms with E-state index in [-0.39, 0.29) is 22.7 Å². The Bertz CT molecular complexity index is 707. The molecule has 0 amide bonds. The number of esters is 1. The lowest BCUT2D eigenvalue weighted by molar-refractivity contribution is 0.0601. The van der Waals surface area contributed by atoms with Crippen LogP contribution in [0.4, 0.5) is 14.5 Å². The van der Waals surface area contributed by atoms with Gasteiger partial charge in [-0.2, -0.15) is 0 Å². The Morgan fingerprint density at radius 1 is 1.14 bits per heavy atom. The summed E-state index contributed by atoms with van der Waals surface area (Å²) in [4.78, 5) is 11.5. The van der Waals surface area contributed by atoms with Crippen molar-refractivity contribution < 1.29 is 23.0 Å². The maximum Gasteiger partial charge on any atom is 0.340 e. The summed E-state index contributed by atoms with van der Waals surface area (Å²) in [7, 11) is 1.17. The van der Waals surface area contributed by atoms with Gasteiger partial charge in [0.25, 0.3) is 0 Å². The Morgan fingerprint density at radius 3 is 2.43 bits per heavy atom. The van der Waals surface area contributed by atoms with Crippen molar-refractivity contribution in [1.82, 2.24) is 0 Å². The summed E-state index contributed by atoms with van der Waals surface area (Å²) >= 11 is 3.10. The van der Waals surface area contributed by atoms with Gasteiger partial charge >= 0.3 is 5.97 Å². The van der Waals surface area contributed by atoms with Crippen molar-refractivity contribution in [3.05, 3.63) is 52.0 Å². The largest absolute Gasteiger partial charge is 0.465 e. The monoisotopic (exact) mass is 357 g/mol. The molecular weight excluding hydrogens is 348 g/mol. The van der Waals surface area contributed by atoms with E-state index in [4.69, 9.17) is 10.5 Å². The van der Waals surface area contributed by atoms with Gasteiger partial charge in [-0.05, 0) is 18.2 Å². The smallest absolute Gasteiger partial charge is 0.340 e. The molecule has 0 heterocycles. The summed E-state index contributed by atoms with van der Waals surface area (Å²) in [6.07, 6.45) is 0.